The van der Waals surface area contributed by atoms with Gasteiger partial charge in [0.1, 0.15) is 0 Å². The number of aryl methyl sites for hydroxylation is 1. The summed E-state index contributed by atoms with van der Waals surface area (Å²) in [5.41, 5.74) is 0.368. The number of ether oxygens (including phenoxy) is 3. The molecule has 9 heteroatoms. The highest BCUT2D eigenvalue weighted by Crippen LogP contribution is 2.42. The standard InChI is InChI=1S/C23H26F3NO4S/c1-14-9-10-27(17-13-16(23(24,25)26)6-7-20(17)32-14)21(28)8-5-15-11-18(29-2)22(31-4)19(12-15)30-3/h6-7,11-14H,5,8-10H2,1-4H3. The van der Waals surface area contributed by atoms with E-state index in [1.165, 1.54) is 44.1 Å². The Kier molecular flexibility index (Phi) is 7.48. The molecule has 1 aliphatic heterocycles. The third-order valence-electron chi connectivity index (χ3n) is 5.32. The lowest BCUT2D eigenvalue weighted by Gasteiger charge is -2.24. The van der Waals surface area contributed by atoms with Crippen molar-refractivity contribution in [3.63, 3.8) is 0 Å². The number of carbonyl (C=O) groups is 1. The molecular formula is C23H26F3NO4S. The van der Waals surface area contributed by atoms with E-state index in [1.54, 1.807) is 12.1 Å². The minimum absolute atomic E-state index is 0.132. The molecule has 0 saturated carbocycles. The first-order valence-corrected chi connectivity index (χ1v) is 11.0. The van der Waals surface area contributed by atoms with E-state index in [0.29, 0.717) is 47.2 Å². The number of hydrogen-bond donors (Lipinski definition) is 0. The molecule has 0 aliphatic carbocycles. The van der Waals surface area contributed by atoms with Crippen LogP contribution in [0.2, 0.25) is 0 Å². The Morgan fingerprint density at radius 2 is 1.75 bits per heavy atom. The van der Waals surface area contributed by atoms with Gasteiger partial charge in [-0.1, -0.05) is 6.92 Å². The van der Waals surface area contributed by atoms with Crippen LogP contribution in [0, 0.1) is 0 Å². The van der Waals surface area contributed by atoms with Crippen LogP contribution in [-0.2, 0) is 17.4 Å². The molecule has 0 radical (unpaired) electrons. The van der Waals surface area contributed by atoms with Gasteiger partial charge >= 0.3 is 6.18 Å². The van der Waals surface area contributed by atoms with Crippen LogP contribution < -0.4 is 19.1 Å². The van der Waals surface area contributed by atoms with E-state index in [2.05, 4.69) is 0 Å². The number of carbonyl (C=O) groups excluding carboxylic acids is 1. The van der Waals surface area contributed by atoms with E-state index in [-0.39, 0.29) is 17.6 Å². The Hall–Kier alpha value is -2.55. The van der Waals surface area contributed by atoms with Crippen molar-refractivity contribution in [3.8, 4) is 17.2 Å². The van der Waals surface area contributed by atoms with E-state index in [9.17, 15) is 18.0 Å². The number of hydrogen-bond acceptors (Lipinski definition) is 5. The number of anilines is 1. The molecule has 1 amide bonds. The molecule has 0 spiro atoms. The van der Waals surface area contributed by atoms with Crippen LogP contribution in [0.25, 0.3) is 0 Å². The Morgan fingerprint density at radius 1 is 1.09 bits per heavy atom. The van der Waals surface area contributed by atoms with Gasteiger partial charge in [-0.3, -0.25) is 4.79 Å². The number of nitrogens with zero attached hydrogens (tertiary/aromatic N) is 1. The largest absolute Gasteiger partial charge is 0.493 e. The Labute approximate surface area is 189 Å². The third-order valence-corrected chi connectivity index (χ3v) is 6.55. The lowest BCUT2D eigenvalue weighted by molar-refractivity contribution is -0.137. The van der Waals surface area contributed by atoms with E-state index in [0.717, 1.165) is 17.7 Å². The lowest BCUT2D eigenvalue weighted by atomic mass is 10.1. The Bertz CT molecular complexity index is 955. The number of benzene rings is 2. The molecule has 1 atom stereocenters. The third kappa shape index (κ3) is 5.26. The fourth-order valence-corrected chi connectivity index (χ4v) is 4.73. The average molecular weight is 470 g/mol. The molecule has 2 aromatic carbocycles. The van der Waals surface area contributed by atoms with E-state index in [4.69, 9.17) is 14.2 Å². The van der Waals surface area contributed by atoms with Crippen molar-refractivity contribution in [1.29, 1.82) is 0 Å². The number of halogens is 3. The van der Waals surface area contributed by atoms with E-state index >= 15 is 0 Å². The molecule has 32 heavy (non-hydrogen) atoms. The van der Waals surface area contributed by atoms with E-state index in [1.807, 2.05) is 6.92 Å². The molecule has 0 bridgehead atoms. The summed E-state index contributed by atoms with van der Waals surface area (Å²) in [6.45, 7) is 2.38. The fraction of sp³-hybridized carbons (Fsp3) is 0.435. The van der Waals surface area contributed by atoms with Crippen molar-refractivity contribution < 1.29 is 32.2 Å². The zero-order valence-corrected chi connectivity index (χ0v) is 19.2. The number of amides is 1. The first-order chi connectivity index (χ1) is 15.2. The second kappa shape index (κ2) is 9.94. The quantitative estimate of drug-likeness (QED) is 0.553. The monoisotopic (exact) mass is 469 g/mol. The second-order valence-electron chi connectivity index (χ2n) is 7.48. The molecule has 1 aliphatic rings. The van der Waals surface area contributed by atoms with Crippen molar-refractivity contribution in [2.24, 2.45) is 0 Å². The number of thioether (sulfide) groups is 1. The van der Waals surface area contributed by atoms with Crippen molar-refractivity contribution in [2.45, 2.75) is 42.5 Å². The molecule has 174 valence electrons. The number of fused-ring (bicyclic) bond motifs is 1. The van der Waals surface area contributed by atoms with Crippen LogP contribution in [-0.4, -0.2) is 39.0 Å². The molecule has 0 saturated heterocycles. The molecule has 0 fully saturated rings. The summed E-state index contributed by atoms with van der Waals surface area (Å²) in [6.07, 6.45) is -3.27. The molecule has 2 aromatic rings. The molecule has 1 unspecified atom stereocenters. The molecule has 1 heterocycles. The highest BCUT2D eigenvalue weighted by Gasteiger charge is 2.33. The van der Waals surface area contributed by atoms with Gasteiger partial charge in [0.25, 0.3) is 0 Å². The van der Waals surface area contributed by atoms with Gasteiger partial charge in [-0.05, 0) is 48.7 Å². The van der Waals surface area contributed by atoms with Gasteiger partial charge in [0, 0.05) is 23.1 Å². The van der Waals surface area contributed by atoms with Crippen LogP contribution in [0.5, 0.6) is 17.2 Å². The van der Waals surface area contributed by atoms with Gasteiger partial charge in [0.2, 0.25) is 11.7 Å². The highest BCUT2D eigenvalue weighted by atomic mass is 32.2. The molecular weight excluding hydrogens is 443 g/mol. The Balaban J connectivity index is 1.86. The maximum absolute atomic E-state index is 13.3. The average Bonchev–Trinajstić information content (AvgIpc) is 2.93. The van der Waals surface area contributed by atoms with Gasteiger partial charge in [0.15, 0.2) is 11.5 Å². The van der Waals surface area contributed by atoms with Gasteiger partial charge in [-0.25, -0.2) is 0 Å². The SMILES string of the molecule is COc1cc(CCC(=O)N2CCC(C)Sc3ccc(C(F)(F)F)cc32)cc(OC)c1OC. The number of rotatable bonds is 6. The van der Waals surface area contributed by atoms with Crippen LogP contribution in [0.1, 0.15) is 30.9 Å². The van der Waals surface area contributed by atoms with Crippen LogP contribution >= 0.6 is 11.8 Å². The number of alkyl halides is 3. The zero-order valence-electron chi connectivity index (χ0n) is 18.4. The predicted octanol–water partition coefficient (Wildman–Crippen LogP) is 5.58. The van der Waals surface area contributed by atoms with Gasteiger partial charge in [-0.2, -0.15) is 13.2 Å². The molecule has 0 N–H and O–H groups in total. The summed E-state index contributed by atoms with van der Waals surface area (Å²) in [5, 5.41) is 0.193. The number of methoxy groups -OCH3 is 3. The van der Waals surface area contributed by atoms with Crippen LogP contribution in [0.15, 0.2) is 35.2 Å². The predicted molar refractivity (Wildman–Crippen MR) is 118 cm³/mol. The summed E-state index contributed by atoms with van der Waals surface area (Å²) in [5.74, 6) is 1.19. The van der Waals surface area contributed by atoms with Crippen molar-refractivity contribution in [3.05, 3.63) is 41.5 Å². The first kappa shape index (κ1) is 24.1. The maximum atomic E-state index is 13.3. The zero-order chi connectivity index (χ0) is 23.5. The lowest BCUT2D eigenvalue weighted by Crippen LogP contribution is -2.32. The summed E-state index contributed by atoms with van der Waals surface area (Å²) in [6, 6.07) is 7.15. The van der Waals surface area contributed by atoms with Crippen molar-refractivity contribution in [1.82, 2.24) is 0 Å². The molecule has 0 aromatic heterocycles. The summed E-state index contributed by atoms with van der Waals surface area (Å²) in [7, 11) is 4.53. The fourth-order valence-electron chi connectivity index (χ4n) is 3.64. The van der Waals surface area contributed by atoms with E-state index < -0.39 is 11.7 Å². The van der Waals surface area contributed by atoms with Gasteiger partial charge < -0.3 is 19.1 Å². The smallest absolute Gasteiger partial charge is 0.416 e. The molecule has 3 rings (SSSR count). The van der Waals surface area contributed by atoms with Gasteiger partial charge in [0.05, 0.1) is 32.6 Å². The summed E-state index contributed by atoms with van der Waals surface area (Å²) < 4.78 is 55.9. The summed E-state index contributed by atoms with van der Waals surface area (Å²) >= 11 is 1.49. The highest BCUT2D eigenvalue weighted by molar-refractivity contribution is 8.00. The van der Waals surface area contributed by atoms with Crippen LogP contribution in [0.4, 0.5) is 18.9 Å². The normalized spacial score (nSPS) is 16.2. The maximum Gasteiger partial charge on any atom is 0.416 e. The first-order valence-electron chi connectivity index (χ1n) is 10.1. The van der Waals surface area contributed by atoms with Crippen molar-refractivity contribution in [2.75, 3.05) is 32.8 Å². The minimum atomic E-state index is -4.47. The Morgan fingerprint density at radius 3 is 2.31 bits per heavy atom. The molecule has 5 nitrogen and oxygen atoms in total. The minimum Gasteiger partial charge on any atom is -0.493 e. The topological polar surface area (TPSA) is 48.0 Å². The van der Waals surface area contributed by atoms with Gasteiger partial charge in [-0.15, -0.1) is 11.8 Å². The van der Waals surface area contributed by atoms with Crippen molar-refractivity contribution >= 4 is 23.4 Å². The summed E-state index contributed by atoms with van der Waals surface area (Å²) in [4.78, 5) is 15.3. The second-order valence-corrected chi connectivity index (χ2v) is 8.96. The van der Waals surface area contributed by atoms with Crippen LogP contribution in [0.3, 0.4) is 0 Å².